The van der Waals surface area contributed by atoms with Crippen LogP contribution in [0.2, 0.25) is 0 Å². The molecule has 1 atom stereocenters. The zero-order chi connectivity index (χ0) is 15.9. The van der Waals surface area contributed by atoms with Crippen LogP contribution in [0, 0.1) is 18.3 Å². The lowest BCUT2D eigenvalue weighted by molar-refractivity contribution is 0.391. The van der Waals surface area contributed by atoms with E-state index in [0.717, 1.165) is 10.0 Å². The van der Waals surface area contributed by atoms with E-state index in [1.807, 2.05) is 24.3 Å². The van der Waals surface area contributed by atoms with Gasteiger partial charge in [-0.25, -0.2) is 0 Å². The van der Waals surface area contributed by atoms with Crippen molar-refractivity contribution in [3.05, 3.63) is 73.4 Å². The van der Waals surface area contributed by atoms with Crippen LogP contribution in [-0.4, -0.2) is 4.98 Å². The summed E-state index contributed by atoms with van der Waals surface area (Å²) in [5, 5.41) is 9.44. The van der Waals surface area contributed by atoms with Crippen molar-refractivity contribution in [1.82, 2.24) is 4.98 Å². The van der Waals surface area contributed by atoms with Gasteiger partial charge in [-0.1, -0.05) is 28.1 Å². The van der Waals surface area contributed by atoms with Crippen molar-refractivity contribution < 1.29 is 4.74 Å². The fourth-order valence-electron chi connectivity index (χ4n) is 2.63. The van der Waals surface area contributed by atoms with Gasteiger partial charge in [-0.2, -0.15) is 5.26 Å². The van der Waals surface area contributed by atoms with Gasteiger partial charge in [0.15, 0.2) is 0 Å². The first-order valence-electron chi connectivity index (χ1n) is 6.58. The van der Waals surface area contributed by atoms with Crippen LogP contribution in [0.15, 0.2) is 51.1 Å². The molecule has 0 saturated carbocycles. The number of aryl methyl sites for hydroxylation is 1. The van der Waals surface area contributed by atoms with Crippen molar-refractivity contribution >= 4 is 15.9 Å². The van der Waals surface area contributed by atoms with Gasteiger partial charge < -0.3 is 15.5 Å². The molecule has 22 heavy (non-hydrogen) atoms. The number of pyridine rings is 1. The summed E-state index contributed by atoms with van der Waals surface area (Å²) >= 11 is 3.41. The second kappa shape index (κ2) is 5.35. The number of rotatable bonds is 1. The van der Waals surface area contributed by atoms with E-state index in [1.54, 1.807) is 13.0 Å². The minimum Gasteiger partial charge on any atom is -0.440 e. The van der Waals surface area contributed by atoms with E-state index >= 15 is 0 Å². The molecule has 0 radical (unpaired) electrons. The lowest BCUT2D eigenvalue weighted by Gasteiger charge is -2.25. The summed E-state index contributed by atoms with van der Waals surface area (Å²) in [5.41, 5.74) is 7.71. The third kappa shape index (κ3) is 2.30. The standard InChI is InChI=1S/C16H12BrN3O2/c1-8-5-12-14(16(21)20-8)13(11(7-18)15(19)22-12)9-3-2-4-10(17)6-9/h2-6,13H,19H2,1H3,(H,20,21)/t13-/m0/s1. The molecule has 3 rings (SSSR count). The highest BCUT2D eigenvalue weighted by molar-refractivity contribution is 9.10. The molecular formula is C16H12BrN3O2. The van der Waals surface area contributed by atoms with Gasteiger partial charge in [0.2, 0.25) is 5.88 Å². The molecule has 6 heteroatoms. The van der Waals surface area contributed by atoms with E-state index in [-0.39, 0.29) is 17.0 Å². The fraction of sp³-hybridized carbons (Fsp3) is 0.125. The van der Waals surface area contributed by atoms with Gasteiger partial charge in [-0.15, -0.1) is 0 Å². The Morgan fingerprint density at radius 2 is 2.18 bits per heavy atom. The quantitative estimate of drug-likeness (QED) is 0.820. The van der Waals surface area contributed by atoms with Gasteiger partial charge in [0.1, 0.15) is 17.4 Å². The second-order valence-corrected chi connectivity index (χ2v) is 5.95. The molecule has 2 aromatic rings. The number of nitrogens with one attached hydrogen (secondary N) is 1. The van der Waals surface area contributed by atoms with Crippen LogP contribution in [0.1, 0.15) is 22.7 Å². The number of aromatic amines is 1. The number of fused-ring (bicyclic) bond motifs is 1. The maximum atomic E-state index is 12.4. The third-order valence-corrected chi connectivity index (χ3v) is 4.03. The van der Waals surface area contributed by atoms with E-state index < -0.39 is 5.92 Å². The summed E-state index contributed by atoms with van der Waals surface area (Å²) in [6.07, 6.45) is 0. The Labute approximate surface area is 135 Å². The Kier molecular flexibility index (Phi) is 3.51. The first kappa shape index (κ1) is 14.4. The molecule has 0 spiro atoms. The number of aromatic nitrogens is 1. The highest BCUT2D eigenvalue weighted by Crippen LogP contribution is 2.40. The average Bonchev–Trinajstić information content (AvgIpc) is 2.45. The summed E-state index contributed by atoms with van der Waals surface area (Å²) in [6.45, 7) is 1.76. The van der Waals surface area contributed by atoms with E-state index in [4.69, 9.17) is 10.5 Å². The van der Waals surface area contributed by atoms with Crippen LogP contribution in [0.25, 0.3) is 0 Å². The van der Waals surface area contributed by atoms with Crippen LogP contribution in [0.4, 0.5) is 0 Å². The smallest absolute Gasteiger partial charge is 0.256 e. The first-order chi connectivity index (χ1) is 10.5. The summed E-state index contributed by atoms with van der Waals surface area (Å²) < 4.78 is 6.34. The maximum Gasteiger partial charge on any atom is 0.256 e. The van der Waals surface area contributed by atoms with E-state index in [2.05, 4.69) is 27.0 Å². The zero-order valence-corrected chi connectivity index (χ0v) is 13.3. The molecule has 3 N–H and O–H groups in total. The average molecular weight is 358 g/mol. The first-order valence-corrected chi connectivity index (χ1v) is 7.37. The van der Waals surface area contributed by atoms with Crippen LogP contribution >= 0.6 is 15.9 Å². The third-order valence-electron chi connectivity index (χ3n) is 3.53. The van der Waals surface area contributed by atoms with Gasteiger partial charge >= 0.3 is 0 Å². The second-order valence-electron chi connectivity index (χ2n) is 5.04. The Balaban J connectivity index is 2.32. The summed E-state index contributed by atoms with van der Waals surface area (Å²) in [4.78, 5) is 15.2. The topological polar surface area (TPSA) is 91.9 Å². The minimum absolute atomic E-state index is 0.0324. The molecule has 0 amide bonds. The molecule has 1 aromatic heterocycles. The number of nitriles is 1. The molecule has 2 heterocycles. The van der Waals surface area contributed by atoms with Gasteiger partial charge in [-0.05, 0) is 24.6 Å². The molecule has 0 fully saturated rings. The Morgan fingerprint density at radius 1 is 1.41 bits per heavy atom. The van der Waals surface area contributed by atoms with Crippen molar-refractivity contribution in [2.45, 2.75) is 12.8 Å². The fourth-order valence-corrected chi connectivity index (χ4v) is 3.04. The van der Waals surface area contributed by atoms with E-state index in [9.17, 15) is 10.1 Å². The Morgan fingerprint density at radius 3 is 2.86 bits per heavy atom. The molecule has 1 aliphatic heterocycles. The van der Waals surface area contributed by atoms with Crippen molar-refractivity contribution in [1.29, 1.82) is 5.26 Å². The van der Waals surface area contributed by atoms with Gasteiger partial charge in [-0.3, -0.25) is 4.79 Å². The van der Waals surface area contributed by atoms with Crippen molar-refractivity contribution in [2.24, 2.45) is 5.73 Å². The molecule has 0 saturated heterocycles. The molecule has 1 aromatic carbocycles. The minimum atomic E-state index is -0.546. The summed E-state index contributed by atoms with van der Waals surface area (Å²) in [5.74, 6) is -0.122. The largest absolute Gasteiger partial charge is 0.440 e. The summed E-state index contributed by atoms with van der Waals surface area (Å²) in [7, 11) is 0. The number of ether oxygens (including phenoxy) is 1. The number of H-pyrrole nitrogens is 1. The zero-order valence-electron chi connectivity index (χ0n) is 11.7. The lowest BCUT2D eigenvalue weighted by atomic mass is 9.84. The predicted molar refractivity (Wildman–Crippen MR) is 85.2 cm³/mol. The number of nitrogens with two attached hydrogens (primary N) is 1. The van der Waals surface area contributed by atoms with Gasteiger partial charge in [0.25, 0.3) is 5.56 Å². The van der Waals surface area contributed by atoms with Gasteiger partial charge in [0, 0.05) is 16.2 Å². The van der Waals surface area contributed by atoms with Crippen molar-refractivity contribution in [3.8, 4) is 11.8 Å². The normalized spacial score (nSPS) is 16.7. The van der Waals surface area contributed by atoms with Gasteiger partial charge in [0.05, 0.1) is 11.5 Å². The molecular weight excluding hydrogens is 346 g/mol. The monoisotopic (exact) mass is 357 g/mol. The van der Waals surface area contributed by atoms with E-state index in [1.165, 1.54) is 0 Å². The van der Waals surface area contributed by atoms with Crippen LogP contribution in [-0.2, 0) is 0 Å². The number of allylic oxidation sites excluding steroid dienone is 1. The SMILES string of the molecule is Cc1cc2c(c(=O)[nH]1)[C@@H](c1cccc(Br)c1)C(C#N)=C(N)O2. The van der Waals surface area contributed by atoms with Crippen molar-refractivity contribution in [3.63, 3.8) is 0 Å². The molecule has 0 bridgehead atoms. The maximum absolute atomic E-state index is 12.4. The van der Waals surface area contributed by atoms with Crippen LogP contribution in [0.3, 0.4) is 0 Å². The molecule has 5 nitrogen and oxygen atoms in total. The predicted octanol–water partition coefficient (Wildman–Crippen LogP) is 2.66. The van der Waals surface area contributed by atoms with Crippen LogP contribution < -0.4 is 16.0 Å². The number of hydrogen-bond acceptors (Lipinski definition) is 4. The highest BCUT2D eigenvalue weighted by Gasteiger charge is 2.33. The van der Waals surface area contributed by atoms with Crippen molar-refractivity contribution in [2.75, 3.05) is 0 Å². The molecule has 0 aliphatic carbocycles. The number of benzene rings is 1. The number of nitrogens with zero attached hydrogens (tertiary/aromatic N) is 1. The van der Waals surface area contributed by atoms with E-state index in [0.29, 0.717) is 17.0 Å². The Bertz CT molecular complexity index is 893. The Hall–Kier alpha value is -2.52. The highest BCUT2D eigenvalue weighted by atomic mass is 79.9. The molecule has 1 aliphatic rings. The molecule has 0 unspecified atom stereocenters. The lowest BCUT2D eigenvalue weighted by Crippen LogP contribution is -2.28. The number of halogens is 1. The van der Waals surface area contributed by atoms with Crippen LogP contribution in [0.5, 0.6) is 5.75 Å². The summed E-state index contributed by atoms with van der Waals surface area (Å²) in [6, 6.07) is 11.2. The molecule has 110 valence electrons. The number of hydrogen-bond donors (Lipinski definition) is 2.